The number of rotatable bonds is 4. The molecule has 0 saturated heterocycles. The summed E-state index contributed by atoms with van der Waals surface area (Å²) < 4.78 is 6.64. The molecule has 33 heavy (non-hydrogen) atoms. The van der Waals surface area contributed by atoms with Gasteiger partial charge in [0.15, 0.2) is 5.78 Å². The Morgan fingerprint density at radius 1 is 0.970 bits per heavy atom. The maximum absolute atomic E-state index is 13.6. The summed E-state index contributed by atoms with van der Waals surface area (Å²) >= 11 is 3.67. The number of anilines is 2. The highest BCUT2D eigenvalue weighted by molar-refractivity contribution is 9.10. The second kappa shape index (κ2) is 9.06. The predicted molar refractivity (Wildman–Crippen MR) is 137 cm³/mol. The molecular weight excluding hydrogens is 476 g/mol. The summed E-state index contributed by atoms with van der Waals surface area (Å²) in [4.78, 5) is 13.6. The molecule has 1 aliphatic carbocycles. The molecular formula is C28H27BrN2O2. The zero-order valence-electron chi connectivity index (χ0n) is 18.8. The second-order valence-electron chi connectivity index (χ2n) is 8.68. The van der Waals surface area contributed by atoms with Crippen molar-refractivity contribution in [2.24, 2.45) is 0 Å². The minimum atomic E-state index is -0.207. The molecule has 1 aliphatic heterocycles. The minimum absolute atomic E-state index is 0.134. The van der Waals surface area contributed by atoms with Crippen molar-refractivity contribution in [3.8, 4) is 5.75 Å². The van der Waals surface area contributed by atoms with E-state index in [2.05, 4.69) is 76.0 Å². The van der Waals surface area contributed by atoms with E-state index in [9.17, 15) is 4.79 Å². The van der Waals surface area contributed by atoms with E-state index in [-0.39, 0.29) is 17.7 Å². The number of carbonyl (C=O) groups excluding carboxylic acids is 1. The number of benzene rings is 3. The minimum Gasteiger partial charge on any atom is -0.494 e. The molecule has 168 valence electrons. The standard InChI is InChI=1S/C28H27BrN2O2/c1-3-33-21-12-10-18(11-13-21)20-15-25-27(26(32)16-20)28(19-9-8-17(2)22(29)14-19)31-24-7-5-4-6-23(24)30-25/h4-14,20,28,30-31H,3,15-16H2,1-2H3. The van der Waals surface area contributed by atoms with Gasteiger partial charge in [-0.15, -0.1) is 0 Å². The fraction of sp³-hybridized carbons (Fsp3) is 0.250. The summed E-state index contributed by atoms with van der Waals surface area (Å²) in [6.07, 6.45) is 1.28. The molecule has 2 atom stereocenters. The number of allylic oxidation sites excluding steroid dienone is 1. The molecule has 0 bridgehead atoms. The van der Waals surface area contributed by atoms with E-state index in [1.807, 2.05) is 31.2 Å². The molecule has 2 aliphatic rings. The van der Waals surface area contributed by atoms with Gasteiger partial charge in [0.25, 0.3) is 0 Å². The molecule has 5 heteroatoms. The Kier molecular flexibility index (Phi) is 5.98. The van der Waals surface area contributed by atoms with E-state index in [4.69, 9.17) is 4.74 Å². The van der Waals surface area contributed by atoms with Crippen molar-refractivity contribution in [3.63, 3.8) is 0 Å². The van der Waals surface area contributed by atoms with Gasteiger partial charge in [0.2, 0.25) is 0 Å². The molecule has 2 unspecified atom stereocenters. The average molecular weight is 503 g/mol. The molecule has 0 saturated carbocycles. The Balaban J connectivity index is 1.55. The van der Waals surface area contributed by atoms with Gasteiger partial charge in [-0.3, -0.25) is 4.79 Å². The van der Waals surface area contributed by atoms with Crippen LogP contribution in [0.2, 0.25) is 0 Å². The van der Waals surface area contributed by atoms with Crippen LogP contribution in [0.3, 0.4) is 0 Å². The lowest BCUT2D eigenvalue weighted by molar-refractivity contribution is -0.116. The fourth-order valence-electron chi connectivity index (χ4n) is 4.77. The summed E-state index contributed by atoms with van der Waals surface area (Å²) in [6.45, 7) is 4.70. The van der Waals surface area contributed by atoms with Gasteiger partial charge >= 0.3 is 0 Å². The number of Topliss-reactive ketones (excluding diaryl/α,β-unsaturated/α-hetero) is 1. The van der Waals surface area contributed by atoms with Crippen molar-refractivity contribution in [3.05, 3.63) is 99.2 Å². The van der Waals surface area contributed by atoms with E-state index in [0.29, 0.717) is 13.0 Å². The van der Waals surface area contributed by atoms with Gasteiger partial charge in [0.1, 0.15) is 5.75 Å². The molecule has 0 fully saturated rings. The van der Waals surface area contributed by atoms with Crippen LogP contribution in [0, 0.1) is 6.92 Å². The third-order valence-corrected chi connectivity index (χ3v) is 7.36. The van der Waals surface area contributed by atoms with Gasteiger partial charge < -0.3 is 15.4 Å². The predicted octanol–water partition coefficient (Wildman–Crippen LogP) is 7.14. The van der Waals surface area contributed by atoms with E-state index < -0.39 is 0 Å². The summed E-state index contributed by atoms with van der Waals surface area (Å²) in [5, 5.41) is 7.26. The zero-order chi connectivity index (χ0) is 22.9. The van der Waals surface area contributed by atoms with Gasteiger partial charge in [-0.2, -0.15) is 0 Å². The number of ether oxygens (including phenoxy) is 1. The molecule has 0 radical (unpaired) electrons. The maximum Gasteiger partial charge on any atom is 0.163 e. The SMILES string of the molecule is CCOc1ccc(C2CC(=O)C3=C(C2)Nc2ccccc2NC3c2ccc(C)c(Br)c2)cc1. The Labute approximate surface area is 203 Å². The van der Waals surface area contributed by atoms with Crippen LogP contribution < -0.4 is 15.4 Å². The van der Waals surface area contributed by atoms with Crippen LogP contribution in [0.15, 0.2) is 82.5 Å². The highest BCUT2D eigenvalue weighted by atomic mass is 79.9. The quantitative estimate of drug-likeness (QED) is 0.398. The lowest BCUT2D eigenvalue weighted by Gasteiger charge is -2.30. The van der Waals surface area contributed by atoms with Gasteiger partial charge in [-0.1, -0.05) is 52.3 Å². The Morgan fingerprint density at radius 2 is 1.70 bits per heavy atom. The third kappa shape index (κ3) is 4.30. The van der Waals surface area contributed by atoms with Gasteiger partial charge in [-0.05, 0) is 73.2 Å². The fourth-order valence-corrected chi connectivity index (χ4v) is 5.17. The molecule has 2 N–H and O–H groups in total. The lowest BCUT2D eigenvalue weighted by atomic mass is 9.78. The van der Waals surface area contributed by atoms with Crippen LogP contribution in [-0.2, 0) is 4.79 Å². The monoisotopic (exact) mass is 502 g/mol. The summed E-state index contributed by atoms with van der Waals surface area (Å²) in [6, 6.07) is 22.5. The summed E-state index contributed by atoms with van der Waals surface area (Å²) in [5.74, 6) is 1.18. The smallest absolute Gasteiger partial charge is 0.163 e. The first-order valence-electron chi connectivity index (χ1n) is 11.4. The number of halogens is 1. The normalized spacial score (nSPS) is 19.7. The van der Waals surface area contributed by atoms with Crippen molar-refractivity contribution in [2.45, 2.75) is 38.6 Å². The third-order valence-electron chi connectivity index (χ3n) is 6.50. The first-order valence-corrected chi connectivity index (χ1v) is 12.2. The summed E-state index contributed by atoms with van der Waals surface area (Å²) in [5.41, 5.74) is 7.25. The van der Waals surface area contributed by atoms with Crippen molar-refractivity contribution in [2.75, 3.05) is 17.2 Å². The zero-order valence-corrected chi connectivity index (χ0v) is 20.4. The summed E-state index contributed by atoms with van der Waals surface area (Å²) in [7, 11) is 0. The van der Waals surface area contributed by atoms with E-state index in [1.165, 1.54) is 11.1 Å². The van der Waals surface area contributed by atoms with Crippen LogP contribution in [0.1, 0.15) is 48.4 Å². The average Bonchev–Trinajstić information content (AvgIpc) is 2.98. The van der Waals surface area contributed by atoms with Crippen LogP contribution in [0.5, 0.6) is 5.75 Å². The molecule has 5 rings (SSSR count). The van der Waals surface area contributed by atoms with Gasteiger partial charge in [0.05, 0.1) is 24.0 Å². The van der Waals surface area contributed by atoms with E-state index >= 15 is 0 Å². The molecule has 0 amide bonds. The van der Waals surface area contributed by atoms with Crippen LogP contribution >= 0.6 is 15.9 Å². The van der Waals surface area contributed by atoms with E-state index in [1.54, 1.807) is 0 Å². The number of carbonyl (C=O) groups is 1. The Hall–Kier alpha value is -3.05. The number of aryl methyl sites for hydroxylation is 1. The van der Waals surface area contributed by atoms with Gasteiger partial charge in [-0.25, -0.2) is 0 Å². The van der Waals surface area contributed by atoms with Crippen LogP contribution in [0.4, 0.5) is 11.4 Å². The Bertz CT molecular complexity index is 1230. The Morgan fingerprint density at radius 3 is 2.42 bits per heavy atom. The topological polar surface area (TPSA) is 50.4 Å². The molecule has 3 aromatic carbocycles. The molecule has 3 aromatic rings. The molecule has 0 aromatic heterocycles. The van der Waals surface area contributed by atoms with Crippen molar-refractivity contribution in [1.29, 1.82) is 0 Å². The number of hydrogen-bond acceptors (Lipinski definition) is 4. The lowest BCUT2D eigenvalue weighted by Crippen LogP contribution is -2.26. The van der Waals surface area contributed by atoms with Crippen molar-refractivity contribution >= 4 is 33.1 Å². The van der Waals surface area contributed by atoms with Crippen LogP contribution in [-0.4, -0.2) is 12.4 Å². The van der Waals surface area contributed by atoms with Crippen LogP contribution in [0.25, 0.3) is 0 Å². The maximum atomic E-state index is 13.6. The molecule has 1 heterocycles. The number of fused-ring (bicyclic) bond motifs is 1. The number of ketones is 1. The highest BCUT2D eigenvalue weighted by Gasteiger charge is 2.36. The molecule has 0 spiro atoms. The first-order chi connectivity index (χ1) is 16.0. The largest absolute Gasteiger partial charge is 0.494 e. The first kappa shape index (κ1) is 21.8. The number of hydrogen-bond donors (Lipinski definition) is 2. The second-order valence-corrected chi connectivity index (χ2v) is 9.53. The number of nitrogens with one attached hydrogen (secondary N) is 2. The number of para-hydroxylation sites is 2. The highest BCUT2D eigenvalue weighted by Crippen LogP contribution is 2.44. The van der Waals surface area contributed by atoms with E-state index in [0.717, 1.165) is 44.9 Å². The molecule has 4 nitrogen and oxygen atoms in total. The van der Waals surface area contributed by atoms with Gasteiger partial charge in [0, 0.05) is 22.2 Å². The van der Waals surface area contributed by atoms with Crippen molar-refractivity contribution in [1.82, 2.24) is 0 Å². The van der Waals surface area contributed by atoms with Crippen molar-refractivity contribution < 1.29 is 9.53 Å².